The fourth-order valence-electron chi connectivity index (χ4n) is 3.24. The molecule has 9 heteroatoms. The number of amides is 1. The smallest absolute Gasteiger partial charge is 0.267 e. The number of anilines is 1. The number of carbonyl (C=O) groups excluding carboxylic acids is 1. The fraction of sp³-hybridized carbons (Fsp3) is 0.455. The highest BCUT2D eigenvalue weighted by Gasteiger charge is 2.32. The van der Waals surface area contributed by atoms with Crippen LogP contribution in [0.15, 0.2) is 34.1 Å². The first-order chi connectivity index (χ1) is 15.1. The van der Waals surface area contributed by atoms with Gasteiger partial charge in [0, 0.05) is 32.5 Å². The standard InChI is InChI=1S/C22H28N4O3S2/c1-3-5-7-13-26-21(28)17(31-22(26)30)15-16-19(23-11-9-14-29-4-2)24-18-10-6-8-12-25(18)20(16)27/h6,8,10,12,15,23H,3-5,7,9,11,13-14H2,1-2H3/b17-15+. The van der Waals surface area contributed by atoms with Crippen LogP contribution >= 0.6 is 24.0 Å². The molecule has 2 aromatic rings. The van der Waals surface area contributed by atoms with E-state index in [-0.39, 0.29) is 11.5 Å². The predicted octanol–water partition coefficient (Wildman–Crippen LogP) is 3.92. The Morgan fingerprint density at radius 2 is 2.06 bits per heavy atom. The van der Waals surface area contributed by atoms with Crippen molar-refractivity contribution in [2.45, 2.75) is 39.5 Å². The van der Waals surface area contributed by atoms with Crippen molar-refractivity contribution in [3.8, 4) is 0 Å². The average molecular weight is 461 g/mol. The van der Waals surface area contributed by atoms with Gasteiger partial charge in [-0.15, -0.1) is 0 Å². The van der Waals surface area contributed by atoms with Crippen molar-refractivity contribution < 1.29 is 9.53 Å². The van der Waals surface area contributed by atoms with Gasteiger partial charge in [-0.2, -0.15) is 0 Å². The molecule has 3 heterocycles. The van der Waals surface area contributed by atoms with Gasteiger partial charge in [-0.3, -0.25) is 18.9 Å². The van der Waals surface area contributed by atoms with Crippen molar-refractivity contribution in [1.82, 2.24) is 14.3 Å². The maximum Gasteiger partial charge on any atom is 0.267 e. The van der Waals surface area contributed by atoms with Crippen LogP contribution in [0.4, 0.5) is 5.82 Å². The molecule has 0 saturated carbocycles. The lowest BCUT2D eigenvalue weighted by molar-refractivity contribution is -0.122. The molecule has 1 N–H and O–H groups in total. The van der Waals surface area contributed by atoms with E-state index >= 15 is 0 Å². The van der Waals surface area contributed by atoms with E-state index in [4.69, 9.17) is 17.0 Å². The Kier molecular flexibility index (Phi) is 8.62. The molecule has 0 unspecified atom stereocenters. The van der Waals surface area contributed by atoms with Gasteiger partial charge >= 0.3 is 0 Å². The number of thiocarbonyl (C=S) groups is 1. The topological polar surface area (TPSA) is 75.9 Å². The molecular weight excluding hydrogens is 432 g/mol. The molecule has 0 radical (unpaired) electrons. The predicted molar refractivity (Wildman–Crippen MR) is 130 cm³/mol. The minimum Gasteiger partial charge on any atom is -0.382 e. The number of carbonyl (C=O) groups is 1. The first-order valence-electron chi connectivity index (χ1n) is 10.6. The van der Waals surface area contributed by atoms with Gasteiger partial charge in [-0.1, -0.05) is 49.8 Å². The molecule has 0 spiro atoms. The lowest BCUT2D eigenvalue weighted by atomic mass is 10.2. The van der Waals surface area contributed by atoms with Crippen LogP contribution in [0, 0.1) is 0 Å². The van der Waals surface area contributed by atoms with Gasteiger partial charge in [0.2, 0.25) is 0 Å². The van der Waals surface area contributed by atoms with E-state index in [0.717, 1.165) is 25.7 Å². The van der Waals surface area contributed by atoms with E-state index in [1.165, 1.54) is 16.2 Å². The van der Waals surface area contributed by atoms with Gasteiger partial charge in [0.25, 0.3) is 11.5 Å². The van der Waals surface area contributed by atoms with E-state index < -0.39 is 0 Å². The molecule has 2 aromatic heterocycles. The van der Waals surface area contributed by atoms with Crippen molar-refractivity contribution in [3.63, 3.8) is 0 Å². The molecule has 1 amide bonds. The quantitative estimate of drug-likeness (QED) is 0.309. The summed E-state index contributed by atoms with van der Waals surface area (Å²) in [5.41, 5.74) is 0.674. The average Bonchev–Trinajstić information content (AvgIpc) is 3.03. The highest BCUT2D eigenvalue weighted by Crippen LogP contribution is 2.33. The third-order valence-corrected chi connectivity index (χ3v) is 6.24. The summed E-state index contributed by atoms with van der Waals surface area (Å²) in [4.78, 5) is 32.8. The lowest BCUT2D eigenvalue weighted by Gasteiger charge is -2.13. The molecule has 0 atom stereocenters. The van der Waals surface area contributed by atoms with Crippen LogP contribution in [-0.4, -0.2) is 50.8 Å². The summed E-state index contributed by atoms with van der Waals surface area (Å²) < 4.78 is 7.40. The normalized spacial score (nSPS) is 15.4. The Morgan fingerprint density at radius 1 is 1.23 bits per heavy atom. The second-order valence-electron chi connectivity index (χ2n) is 7.13. The van der Waals surface area contributed by atoms with E-state index in [0.29, 0.717) is 52.6 Å². The largest absolute Gasteiger partial charge is 0.382 e. The number of rotatable bonds is 11. The number of fused-ring (bicyclic) bond motifs is 1. The molecule has 0 aromatic carbocycles. The van der Waals surface area contributed by atoms with Crippen LogP contribution in [0.25, 0.3) is 11.7 Å². The Hall–Kier alpha value is -2.23. The zero-order valence-corrected chi connectivity index (χ0v) is 19.6. The second kappa shape index (κ2) is 11.4. The van der Waals surface area contributed by atoms with E-state index in [9.17, 15) is 9.59 Å². The van der Waals surface area contributed by atoms with Crippen LogP contribution in [0.2, 0.25) is 0 Å². The molecule has 1 fully saturated rings. The van der Waals surface area contributed by atoms with Gasteiger partial charge in [0.15, 0.2) is 0 Å². The fourth-order valence-corrected chi connectivity index (χ4v) is 4.53. The summed E-state index contributed by atoms with van der Waals surface area (Å²) in [5, 5.41) is 3.24. The molecule has 0 bridgehead atoms. The maximum atomic E-state index is 13.2. The highest BCUT2D eigenvalue weighted by molar-refractivity contribution is 8.26. The number of thioether (sulfide) groups is 1. The van der Waals surface area contributed by atoms with Crippen molar-refractivity contribution in [2.24, 2.45) is 0 Å². The van der Waals surface area contributed by atoms with E-state index in [2.05, 4.69) is 17.2 Å². The monoisotopic (exact) mass is 460 g/mol. The maximum absolute atomic E-state index is 13.2. The third-order valence-electron chi connectivity index (χ3n) is 4.87. The zero-order valence-electron chi connectivity index (χ0n) is 17.9. The van der Waals surface area contributed by atoms with Gasteiger partial charge in [0.1, 0.15) is 15.8 Å². The first kappa shape index (κ1) is 23.4. The van der Waals surface area contributed by atoms with Crippen LogP contribution in [0.1, 0.15) is 45.1 Å². The minimum absolute atomic E-state index is 0.147. The number of unbranched alkanes of at least 4 members (excludes halogenated alkanes) is 2. The number of aromatic nitrogens is 2. The molecule has 1 aliphatic heterocycles. The van der Waals surface area contributed by atoms with Crippen LogP contribution in [0.5, 0.6) is 0 Å². The van der Waals surface area contributed by atoms with Gasteiger partial charge in [0.05, 0.1) is 10.5 Å². The van der Waals surface area contributed by atoms with E-state index in [1.807, 2.05) is 13.0 Å². The van der Waals surface area contributed by atoms with Crippen LogP contribution < -0.4 is 10.9 Å². The van der Waals surface area contributed by atoms with E-state index in [1.54, 1.807) is 29.3 Å². The lowest BCUT2D eigenvalue weighted by Crippen LogP contribution is -2.29. The summed E-state index contributed by atoms with van der Waals surface area (Å²) in [7, 11) is 0. The van der Waals surface area contributed by atoms with Crippen molar-refractivity contribution in [1.29, 1.82) is 0 Å². The number of hydrogen-bond acceptors (Lipinski definition) is 7. The third kappa shape index (κ3) is 5.72. The van der Waals surface area contributed by atoms with Crippen molar-refractivity contribution in [2.75, 3.05) is 31.6 Å². The van der Waals surface area contributed by atoms with Gasteiger partial charge in [-0.25, -0.2) is 4.98 Å². The highest BCUT2D eigenvalue weighted by atomic mass is 32.2. The molecule has 7 nitrogen and oxygen atoms in total. The number of nitrogens with zero attached hydrogens (tertiary/aromatic N) is 3. The van der Waals surface area contributed by atoms with Gasteiger partial charge in [-0.05, 0) is 38.0 Å². The molecule has 0 aliphatic carbocycles. The SMILES string of the molecule is CCCCCN1C(=O)/C(=C\c2c(NCCCOCC)nc3ccccn3c2=O)SC1=S. The van der Waals surface area contributed by atoms with Crippen molar-refractivity contribution in [3.05, 3.63) is 45.2 Å². The zero-order chi connectivity index (χ0) is 22.2. The molecule has 166 valence electrons. The summed E-state index contributed by atoms with van der Waals surface area (Å²) in [6.07, 6.45) is 7.10. The summed E-state index contributed by atoms with van der Waals surface area (Å²) in [6, 6.07) is 5.40. The summed E-state index contributed by atoms with van der Waals surface area (Å²) >= 11 is 6.65. The Labute approximate surface area is 191 Å². The number of ether oxygens (including phenoxy) is 1. The Bertz CT molecular complexity index is 1040. The minimum atomic E-state index is -0.228. The molecule has 31 heavy (non-hydrogen) atoms. The molecule has 1 saturated heterocycles. The van der Waals surface area contributed by atoms with Gasteiger partial charge < -0.3 is 10.1 Å². The van der Waals surface area contributed by atoms with Crippen LogP contribution in [-0.2, 0) is 9.53 Å². The first-order valence-corrected chi connectivity index (χ1v) is 11.9. The second-order valence-corrected chi connectivity index (χ2v) is 8.80. The number of hydrogen-bond donors (Lipinski definition) is 1. The molecular formula is C22H28N4O3S2. The number of nitrogens with one attached hydrogen (secondary N) is 1. The summed E-state index contributed by atoms with van der Waals surface area (Å²) in [6.45, 7) is 6.58. The number of pyridine rings is 1. The Balaban J connectivity index is 1.91. The van der Waals surface area contributed by atoms with Crippen molar-refractivity contribution >= 4 is 51.7 Å². The summed E-state index contributed by atoms with van der Waals surface area (Å²) in [5.74, 6) is 0.315. The molecule has 3 rings (SSSR count). The van der Waals surface area contributed by atoms with Crippen LogP contribution in [0.3, 0.4) is 0 Å². The molecule has 1 aliphatic rings. The Morgan fingerprint density at radius 3 is 2.84 bits per heavy atom.